The zero-order valence-electron chi connectivity index (χ0n) is 15.4. The number of benzene rings is 1. The third kappa shape index (κ3) is 3.94. The first-order valence-corrected chi connectivity index (χ1v) is 9.79. The highest BCUT2D eigenvalue weighted by atomic mass is 35.5. The SMILES string of the molecule is Cc1cc(OCC(=O)N2CCC(c3nnc4n3CCNC4)CC2)ccc1Cl. The van der Waals surface area contributed by atoms with Crippen LogP contribution in [0.3, 0.4) is 0 Å². The van der Waals surface area contributed by atoms with Crippen LogP contribution in [0.5, 0.6) is 5.75 Å². The second-order valence-electron chi connectivity index (χ2n) is 7.16. The van der Waals surface area contributed by atoms with E-state index in [1.807, 2.05) is 17.9 Å². The molecule has 3 heterocycles. The Balaban J connectivity index is 1.30. The van der Waals surface area contributed by atoms with E-state index in [2.05, 4.69) is 20.1 Å². The molecule has 0 saturated carbocycles. The van der Waals surface area contributed by atoms with E-state index in [1.165, 1.54) is 0 Å². The van der Waals surface area contributed by atoms with Crippen molar-refractivity contribution in [3.63, 3.8) is 0 Å². The van der Waals surface area contributed by atoms with Gasteiger partial charge in [-0.2, -0.15) is 0 Å². The van der Waals surface area contributed by atoms with E-state index in [0.717, 1.165) is 62.8 Å². The number of nitrogens with zero attached hydrogens (tertiary/aromatic N) is 4. The smallest absolute Gasteiger partial charge is 0.260 e. The molecular weight excluding hydrogens is 366 g/mol. The molecule has 0 radical (unpaired) electrons. The number of hydrogen-bond acceptors (Lipinski definition) is 5. The van der Waals surface area contributed by atoms with Gasteiger partial charge >= 0.3 is 0 Å². The average Bonchev–Trinajstić information content (AvgIpc) is 3.13. The van der Waals surface area contributed by atoms with Crippen LogP contribution in [0, 0.1) is 6.92 Å². The summed E-state index contributed by atoms with van der Waals surface area (Å²) < 4.78 is 7.89. The Labute approximate surface area is 163 Å². The molecule has 4 rings (SSSR count). The fraction of sp³-hybridized carbons (Fsp3) is 0.526. The highest BCUT2D eigenvalue weighted by Gasteiger charge is 2.28. The molecule has 144 valence electrons. The molecule has 8 heteroatoms. The lowest BCUT2D eigenvalue weighted by Crippen LogP contribution is -2.41. The van der Waals surface area contributed by atoms with E-state index in [0.29, 0.717) is 16.7 Å². The highest BCUT2D eigenvalue weighted by molar-refractivity contribution is 6.31. The maximum Gasteiger partial charge on any atom is 0.260 e. The quantitative estimate of drug-likeness (QED) is 0.867. The van der Waals surface area contributed by atoms with Crippen molar-refractivity contribution in [3.8, 4) is 5.75 Å². The molecule has 2 aliphatic heterocycles. The Morgan fingerprint density at radius 1 is 1.30 bits per heavy atom. The topological polar surface area (TPSA) is 72.3 Å². The van der Waals surface area contributed by atoms with Crippen LogP contribution in [-0.4, -0.2) is 51.8 Å². The van der Waals surface area contributed by atoms with Crippen LogP contribution in [-0.2, 0) is 17.9 Å². The lowest BCUT2D eigenvalue weighted by atomic mass is 9.95. The van der Waals surface area contributed by atoms with Crippen LogP contribution >= 0.6 is 11.6 Å². The number of aryl methyl sites for hydroxylation is 1. The third-order valence-corrected chi connectivity index (χ3v) is 5.78. The predicted molar refractivity (Wildman–Crippen MR) is 102 cm³/mol. The number of halogens is 1. The van der Waals surface area contributed by atoms with E-state index < -0.39 is 0 Å². The van der Waals surface area contributed by atoms with Crippen molar-refractivity contribution in [3.05, 3.63) is 40.4 Å². The summed E-state index contributed by atoms with van der Waals surface area (Å²) in [7, 11) is 0. The number of piperidine rings is 1. The summed E-state index contributed by atoms with van der Waals surface area (Å²) in [6, 6.07) is 5.43. The fourth-order valence-corrected chi connectivity index (χ4v) is 3.86. The van der Waals surface area contributed by atoms with Gasteiger partial charge in [0, 0.05) is 37.1 Å². The molecule has 1 amide bonds. The molecule has 7 nitrogen and oxygen atoms in total. The number of ether oxygens (including phenoxy) is 1. The number of carbonyl (C=O) groups excluding carboxylic acids is 1. The van der Waals surface area contributed by atoms with E-state index in [-0.39, 0.29) is 12.5 Å². The lowest BCUT2D eigenvalue weighted by molar-refractivity contribution is -0.134. The van der Waals surface area contributed by atoms with Crippen LogP contribution in [0.1, 0.15) is 36.0 Å². The van der Waals surface area contributed by atoms with Crippen molar-refractivity contribution in [2.24, 2.45) is 0 Å². The minimum atomic E-state index is 0.0218. The molecule has 0 aliphatic carbocycles. The summed E-state index contributed by atoms with van der Waals surface area (Å²) in [4.78, 5) is 14.4. The Hall–Kier alpha value is -2.12. The number of nitrogens with one attached hydrogen (secondary N) is 1. The maximum atomic E-state index is 12.5. The standard InChI is InChI=1S/C19H24ClN5O2/c1-13-10-15(2-3-16(13)20)27-12-18(26)24-7-4-14(5-8-24)19-23-22-17-11-21-6-9-25(17)19/h2-3,10,14,21H,4-9,11-12H2,1H3. The van der Waals surface area contributed by atoms with Gasteiger partial charge in [-0.05, 0) is 43.5 Å². The molecule has 1 aromatic carbocycles. The number of likely N-dealkylation sites (tertiary alicyclic amines) is 1. The molecule has 0 unspecified atom stereocenters. The Morgan fingerprint density at radius 2 is 2.11 bits per heavy atom. The molecule has 27 heavy (non-hydrogen) atoms. The van der Waals surface area contributed by atoms with Crippen LogP contribution < -0.4 is 10.1 Å². The summed E-state index contributed by atoms with van der Waals surface area (Å²) >= 11 is 6.02. The minimum Gasteiger partial charge on any atom is -0.484 e. The van der Waals surface area contributed by atoms with Gasteiger partial charge < -0.3 is 19.5 Å². The second kappa shape index (κ2) is 7.86. The van der Waals surface area contributed by atoms with Crippen LogP contribution in [0.4, 0.5) is 0 Å². The summed E-state index contributed by atoms with van der Waals surface area (Å²) in [6.45, 7) is 6.09. The predicted octanol–water partition coefficient (Wildman–Crippen LogP) is 2.13. The Morgan fingerprint density at radius 3 is 2.89 bits per heavy atom. The average molecular weight is 390 g/mol. The number of rotatable bonds is 4. The summed E-state index contributed by atoms with van der Waals surface area (Å²) in [5, 5.41) is 12.7. The molecule has 1 aromatic heterocycles. The largest absolute Gasteiger partial charge is 0.484 e. The first kappa shape index (κ1) is 18.3. The molecule has 0 spiro atoms. The zero-order valence-corrected chi connectivity index (χ0v) is 16.2. The monoisotopic (exact) mass is 389 g/mol. The molecular formula is C19H24ClN5O2. The van der Waals surface area contributed by atoms with Crippen molar-refractivity contribution in [2.75, 3.05) is 26.2 Å². The van der Waals surface area contributed by atoms with Gasteiger partial charge in [-0.1, -0.05) is 11.6 Å². The van der Waals surface area contributed by atoms with Crippen molar-refractivity contribution in [1.29, 1.82) is 0 Å². The number of aromatic nitrogens is 3. The van der Waals surface area contributed by atoms with E-state index >= 15 is 0 Å². The van der Waals surface area contributed by atoms with Crippen molar-refractivity contribution < 1.29 is 9.53 Å². The van der Waals surface area contributed by atoms with Crippen LogP contribution in [0.2, 0.25) is 5.02 Å². The fourth-order valence-electron chi connectivity index (χ4n) is 3.75. The molecule has 1 fully saturated rings. The van der Waals surface area contributed by atoms with Gasteiger partial charge in [-0.15, -0.1) is 10.2 Å². The van der Waals surface area contributed by atoms with Gasteiger partial charge in [0.05, 0.1) is 6.54 Å². The molecule has 2 aromatic rings. The van der Waals surface area contributed by atoms with Crippen molar-refractivity contribution in [2.45, 2.75) is 38.8 Å². The maximum absolute atomic E-state index is 12.5. The minimum absolute atomic E-state index is 0.0218. The number of hydrogen-bond donors (Lipinski definition) is 1. The number of carbonyl (C=O) groups is 1. The second-order valence-corrected chi connectivity index (χ2v) is 7.56. The Kier molecular flexibility index (Phi) is 5.31. The summed E-state index contributed by atoms with van der Waals surface area (Å²) in [6.07, 6.45) is 1.83. The van der Waals surface area contributed by atoms with Crippen molar-refractivity contribution in [1.82, 2.24) is 25.0 Å². The van der Waals surface area contributed by atoms with Gasteiger partial charge in [0.25, 0.3) is 5.91 Å². The molecule has 1 N–H and O–H groups in total. The van der Waals surface area contributed by atoms with Gasteiger partial charge in [-0.3, -0.25) is 4.79 Å². The van der Waals surface area contributed by atoms with Crippen LogP contribution in [0.15, 0.2) is 18.2 Å². The van der Waals surface area contributed by atoms with E-state index in [1.54, 1.807) is 12.1 Å². The van der Waals surface area contributed by atoms with E-state index in [4.69, 9.17) is 16.3 Å². The highest BCUT2D eigenvalue weighted by Crippen LogP contribution is 2.28. The molecule has 0 bridgehead atoms. The van der Waals surface area contributed by atoms with Crippen LogP contribution in [0.25, 0.3) is 0 Å². The van der Waals surface area contributed by atoms with Gasteiger partial charge in [0.1, 0.15) is 17.4 Å². The first-order valence-electron chi connectivity index (χ1n) is 9.41. The van der Waals surface area contributed by atoms with Gasteiger partial charge in [-0.25, -0.2) is 0 Å². The molecule has 0 atom stereocenters. The first-order chi connectivity index (χ1) is 13.1. The van der Waals surface area contributed by atoms with E-state index in [9.17, 15) is 4.79 Å². The molecule has 2 aliphatic rings. The number of fused-ring (bicyclic) bond motifs is 1. The Bertz CT molecular complexity index is 830. The molecule has 1 saturated heterocycles. The van der Waals surface area contributed by atoms with Gasteiger partial charge in [0.2, 0.25) is 0 Å². The zero-order chi connectivity index (χ0) is 18.8. The normalized spacial score (nSPS) is 17.6. The summed E-state index contributed by atoms with van der Waals surface area (Å²) in [5.41, 5.74) is 0.939. The third-order valence-electron chi connectivity index (χ3n) is 5.36. The summed E-state index contributed by atoms with van der Waals surface area (Å²) in [5.74, 6) is 3.15. The van der Waals surface area contributed by atoms with Crippen molar-refractivity contribution >= 4 is 17.5 Å². The lowest BCUT2D eigenvalue weighted by Gasteiger charge is -2.32. The number of amides is 1. The van der Waals surface area contributed by atoms with Gasteiger partial charge in [0.15, 0.2) is 6.61 Å².